The number of aliphatic hydroxyl groups excluding tert-OH is 2. The highest BCUT2D eigenvalue weighted by Crippen LogP contribution is 2.28. The van der Waals surface area contributed by atoms with Crippen molar-refractivity contribution >= 4 is 28.5 Å². The molecule has 2 aromatic carbocycles. The van der Waals surface area contributed by atoms with Gasteiger partial charge in [-0.25, -0.2) is 9.18 Å². The van der Waals surface area contributed by atoms with Crippen LogP contribution in [0.2, 0.25) is 5.02 Å². The lowest BCUT2D eigenvalue weighted by atomic mass is 10.0. The van der Waals surface area contributed by atoms with E-state index >= 15 is 4.39 Å². The van der Waals surface area contributed by atoms with Gasteiger partial charge >= 0.3 is 5.69 Å². The van der Waals surface area contributed by atoms with Crippen molar-refractivity contribution in [2.75, 3.05) is 59.0 Å². The molecule has 2 fully saturated rings. The van der Waals surface area contributed by atoms with E-state index in [0.717, 1.165) is 5.56 Å². The van der Waals surface area contributed by atoms with Crippen LogP contribution >= 0.6 is 11.6 Å². The van der Waals surface area contributed by atoms with Gasteiger partial charge in [0.15, 0.2) is 0 Å². The Morgan fingerprint density at radius 1 is 1.05 bits per heavy atom. The van der Waals surface area contributed by atoms with E-state index in [-0.39, 0.29) is 23.9 Å². The molecule has 1 unspecified atom stereocenters. The molecule has 2 saturated heterocycles. The van der Waals surface area contributed by atoms with Crippen molar-refractivity contribution in [3.63, 3.8) is 0 Å². The second kappa shape index (κ2) is 11.5. The number of rotatable bonds is 7. The number of nitrogens with one attached hydrogen (secondary N) is 1. The third-order valence-electron chi connectivity index (χ3n) is 7.72. The molecule has 3 N–H and O–H groups in total. The van der Waals surface area contributed by atoms with Crippen LogP contribution in [-0.4, -0.2) is 99.3 Å². The summed E-state index contributed by atoms with van der Waals surface area (Å²) in [6, 6.07) is 9.77. The van der Waals surface area contributed by atoms with Crippen LogP contribution < -0.4 is 5.69 Å². The summed E-state index contributed by atoms with van der Waals surface area (Å²) in [7, 11) is 0. The molecule has 0 aliphatic carbocycles. The quantitative estimate of drug-likeness (QED) is 0.421. The van der Waals surface area contributed by atoms with Crippen LogP contribution in [0.25, 0.3) is 11.0 Å². The number of benzene rings is 2. The van der Waals surface area contributed by atoms with Crippen molar-refractivity contribution in [2.24, 2.45) is 0 Å². The van der Waals surface area contributed by atoms with Gasteiger partial charge in [-0.1, -0.05) is 23.7 Å². The average Bonchev–Trinajstić information content (AvgIpc) is 3.23. The molecule has 2 aliphatic heterocycles. The Hall–Kier alpha value is -2.76. The number of amides is 1. The molecule has 1 aromatic heterocycles. The highest BCUT2D eigenvalue weighted by molar-refractivity contribution is 6.30. The Labute approximate surface area is 225 Å². The number of carbonyl (C=O) groups excluding carboxylic acids is 1. The van der Waals surface area contributed by atoms with Gasteiger partial charge in [-0.05, 0) is 36.6 Å². The fraction of sp³-hybridized carbons (Fsp3) is 0.481. The number of piperidine rings is 1. The number of nitrogens with zero attached hydrogens (tertiary/aromatic N) is 4. The van der Waals surface area contributed by atoms with Gasteiger partial charge in [0.05, 0.1) is 29.3 Å². The Balaban J connectivity index is 1.26. The van der Waals surface area contributed by atoms with E-state index in [1.165, 1.54) is 12.1 Å². The van der Waals surface area contributed by atoms with Gasteiger partial charge in [0, 0.05) is 69.5 Å². The molecular weight excluding hydrogens is 513 g/mol. The molecule has 204 valence electrons. The Morgan fingerprint density at radius 3 is 2.39 bits per heavy atom. The summed E-state index contributed by atoms with van der Waals surface area (Å²) in [5.74, 6) is -1.04. The zero-order valence-electron chi connectivity index (χ0n) is 21.2. The number of aliphatic hydroxyl groups is 2. The number of H-pyrrole nitrogens is 1. The maximum Gasteiger partial charge on any atom is 0.326 e. The number of carbonyl (C=O) groups is 1. The van der Waals surface area contributed by atoms with Gasteiger partial charge in [-0.3, -0.25) is 14.3 Å². The zero-order chi connectivity index (χ0) is 26.8. The van der Waals surface area contributed by atoms with E-state index in [1.807, 2.05) is 12.1 Å². The van der Waals surface area contributed by atoms with E-state index in [4.69, 9.17) is 16.7 Å². The average molecular weight is 546 g/mol. The summed E-state index contributed by atoms with van der Waals surface area (Å²) < 4.78 is 16.8. The number of fused-ring (bicyclic) bond motifs is 1. The number of piperazine rings is 1. The maximum atomic E-state index is 15.2. The summed E-state index contributed by atoms with van der Waals surface area (Å²) in [4.78, 5) is 34.6. The molecule has 1 atom stereocenters. The van der Waals surface area contributed by atoms with Gasteiger partial charge in [0.25, 0.3) is 5.91 Å². The fourth-order valence-electron chi connectivity index (χ4n) is 5.55. The number of hydrogen-bond donors (Lipinski definition) is 3. The molecule has 9 nitrogen and oxygen atoms in total. The van der Waals surface area contributed by atoms with Crippen LogP contribution in [0.15, 0.2) is 41.2 Å². The zero-order valence-corrected chi connectivity index (χ0v) is 21.9. The molecule has 3 aromatic rings. The number of imidazole rings is 1. The molecule has 0 saturated carbocycles. The van der Waals surface area contributed by atoms with Gasteiger partial charge in [0.1, 0.15) is 5.82 Å². The van der Waals surface area contributed by atoms with Crippen LogP contribution in [0, 0.1) is 5.82 Å². The first-order chi connectivity index (χ1) is 18.3. The summed E-state index contributed by atoms with van der Waals surface area (Å²) in [6.07, 6.45) is 0.726. The lowest BCUT2D eigenvalue weighted by Gasteiger charge is -2.34. The normalized spacial score (nSPS) is 18.8. The number of hydrogen-bond acceptors (Lipinski definition) is 6. The van der Waals surface area contributed by atoms with Crippen molar-refractivity contribution in [3.8, 4) is 0 Å². The molecule has 2 aliphatic rings. The van der Waals surface area contributed by atoms with E-state index < -0.39 is 17.8 Å². The monoisotopic (exact) mass is 545 g/mol. The van der Waals surface area contributed by atoms with Gasteiger partial charge in [-0.15, -0.1) is 0 Å². The minimum atomic E-state index is -0.642. The third kappa shape index (κ3) is 5.64. The molecule has 0 radical (unpaired) electrons. The smallest absolute Gasteiger partial charge is 0.326 e. The van der Waals surface area contributed by atoms with Crippen LogP contribution in [0.1, 0.15) is 40.9 Å². The highest BCUT2D eigenvalue weighted by atomic mass is 35.5. The second-order valence-corrected chi connectivity index (χ2v) is 10.5. The molecule has 5 rings (SSSR count). The predicted octanol–water partition coefficient (Wildman–Crippen LogP) is 2.24. The van der Waals surface area contributed by atoms with Crippen molar-refractivity contribution < 1.29 is 19.4 Å². The van der Waals surface area contributed by atoms with E-state index in [0.29, 0.717) is 81.3 Å². The van der Waals surface area contributed by atoms with Crippen LogP contribution in [0.5, 0.6) is 0 Å². The lowest BCUT2D eigenvalue weighted by molar-refractivity contribution is 0.0610. The lowest BCUT2D eigenvalue weighted by Crippen LogP contribution is -2.49. The molecule has 0 bridgehead atoms. The Bertz CT molecular complexity index is 1330. The largest absolute Gasteiger partial charge is 0.395 e. The van der Waals surface area contributed by atoms with Crippen molar-refractivity contribution in [1.82, 2.24) is 24.3 Å². The first-order valence-electron chi connectivity index (χ1n) is 13.1. The summed E-state index contributed by atoms with van der Waals surface area (Å²) in [5, 5.41) is 20.3. The first kappa shape index (κ1) is 26.8. The van der Waals surface area contributed by atoms with Gasteiger partial charge in [0.2, 0.25) is 0 Å². The van der Waals surface area contributed by atoms with Crippen molar-refractivity contribution in [2.45, 2.75) is 25.0 Å². The summed E-state index contributed by atoms with van der Waals surface area (Å²) in [6.45, 7) is 4.64. The standard InChI is InChI=1S/C27H33ClFN5O4/c28-19-3-1-18(2-4-19)25(36)17-32-7-5-20(6-8-32)34-24-16-22(29)21(15-23(24)30-27(34)38)26(37)33-11-9-31(10-12-33)13-14-35/h1-4,15-16,20,25,35-36H,5-14,17H2,(H,30,38). The summed E-state index contributed by atoms with van der Waals surface area (Å²) in [5.41, 5.74) is 1.33. The van der Waals surface area contributed by atoms with Gasteiger partial charge < -0.3 is 25.0 Å². The molecule has 3 heterocycles. The number of aromatic nitrogens is 2. The SMILES string of the molecule is O=C(c1cc2[nH]c(=O)n(C3CCN(CC(O)c4ccc(Cl)cc4)CC3)c2cc1F)N1CCN(CCO)CC1. The topological polar surface area (TPSA) is 105 Å². The van der Waals surface area contributed by atoms with Crippen molar-refractivity contribution in [3.05, 3.63) is 68.8 Å². The number of likely N-dealkylation sites (tertiary alicyclic amines) is 1. The molecule has 1 amide bonds. The third-order valence-corrected chi connectivity index (χ3v) is 7.97. The van der Waals surface area contributed by atoms with Crippen molar-refractivity contribution in [1.29, 1.82) is 0 Å². The number of halogens is 2. The van der Waals surface area contributed by atoms with E-state index in [9.17, 15) is 14.7 Å². The number of aromatic amines is 1. The van der Waals surface area contributed by atoms with E-state index in [2.05, 4.69) is 14.8 Å². The first-order valence-corrected chi connectivity index (χ1v) is 13.4. The Morgan fingerprint density at radius 2 is 1.74 bits per heavy atom. The van der Waals surface area contributed by atoms with E-state index in [1.54, 1.807) is 21.6 Å². The Kier molecular flexibility index (Phi) is 8.15. The van der Waals surface area contributed by atoms with Crippen LogP contribution in [-0.2, 0) is 0 Å². The molecule has 0 spiro atoms. The molecular formula is C27H33ClFN5O4. The minimum Gasteiger partial charge on any atom is -0.395 e. The van der Waals surface area contributed by atoms with Crippen LogP contribution in [0.3, 0.4) is 0 Å². The summed E-state index contributed by atoms with van der Waals surface area (Å²) >= 11 is 5.94. The highest BCUT2D eigenvalue weighted by Gasteiger charge is 2.28. The molecule has 38 heavy (non-hydrogen) atoms. The predicted molar refractivity (Wildman–Crippen MR) is 143 cm³/mol. The number of β-amino-alcohol motifs (C(OH)–C–C–N with tert-alkyl or cyclic N) is 2. The fourth-order valence-corrected chi connectivity index (χ4v) is 5.68. The van der Waals surface area contributed by atoms with Crippen LogP contribution in [0.4, 0.5) is 4.39 Å². The maximum absolute atomic E-state index is 15.2. The van der Waals surface area contributed by atoms with Gasteiger partial charge in [-0.2, -0.15) is 0 Å². The minimum absolute atomic E-state index is 0.0486. The second-order valence-electron chi connectivity index (χ2n) is 10.1. The molecule has 11 heteroatoms.